The third-order valence-corrected chi connectivity index (χ3v) is 3.88. The van der Waals surface area contributed by atoms with Crippen LogP contribution in [0.3, 0.4) is 0 Å². The van der Waals surface area contributed by atoms with Gasteiger partial charge in [0.1, 0.15) is 0 Å². The summed E-state index contributed by atoms with van der Waals surface area (Å²) in [6, 6.07) is 7.78. The summed E-state index contributed by atoms with van der Waals surface area (Å²) in [7, 11) is 0. The quantitative estimate of drug-likeness (QED) is 0.660. The predicted molar refractivity (Wildman–Crippen MR) is 81.5 cm³/mol. The Hall–Kier alpha value is -1.03. The Kier molecular flexibility index (Phi) is 7.23. The number of benzene rings is 1. The van der Waals surface area contributed by atoms with Gasteiger partial charge in [-0.05, 0) is 42.9 Å². The molecule has 1 rings (SSSR count). The fourth-order valence-electron chi connectivity index (χ4n) is 2.31. The van der Waals surface area contributed by atoms with E-state index in [1.54, 1.807) is 0 Å². The van der Waals surface area contributed by atoms with Crippen LogP contribution in [0.4, 0.5) is 13.2 Å². The first-order chi connectivity index (χ1) is 9.87. The lowest BCUT2D eigenvalue weighted by atomic mass is 9.94. The van der Waals surface area contributed by atoms with Crippen LogP contribution in [0, 0.1) is 0 Å². The van der Waals surface area contributed by atoms with Crippen LogP contribution < -0.4 is 5.32 Å². The van der Waals surface area contributed by atoms with Crippen molar-refractivity contribution >= 4 is 0 Å². The van der Waals surface area contributed by atoms with Gasteiger partial charge in [0.2, 0.25) is 0 Å². The van der Waals surface area contributed by atoms with E-state index >= 15 is 0 Å². The van der Waals surface area contributed by atoms with Crippen LogP contribution in [-0.2, 0) is 0 Å². The van der Waals surface area contributed by atoms with Crippen molar-refractivity contribution in [3.8, 4) is 0 Å². The lowest BCUT2D eigenvalue weighted by Gasteiger charge is -2.20. The topological polar surface area (TPSA) is 12.0 Å². The highest BCUT2D eigenvalue weighted by atomic mass is 19.4. The van der Waals surface area contributed by atoms with Gasteiger partial charge in [0.25, 0.3) is 0 Å². The molecule has 1 aromatic rings. The first-order valence-corrected chi connectivity index (χ1v) is 7.77. The van der Waals surface area contributed by atoms with Crippen LogP contribution in [0.5, 0.6) is 0 Å². The van der Waals surface area contributed by atoms with Gasteiger partial charge < -0.3 is 5.32 Å². The van der Waals surface area contributed by atoms with Crippen LogP contribution in [0.25, 0.3) is 0 Å². The van der Waals surface area contributed by atoms with Crippen molar-refractivity contribution in [2.24, 2.45) is 0 Å². The smallest absolute Gasteiger partial charge is 0.310 e. The molecule has 0 aliphatic rings. The van der Waals surface area contributed by atoms with Crippen molar-refractivity contribution in [3.63, 3.8) is 0 Å². The summed E-state index contributed by atoms with van der Waals surface area (Å²) in [5, 5.41) is 3.22. The highest BCUT2D eigenvalue weighted by Gasteiger charge is 2.28. The Bertz CT molecular complexity index is 397. The van der Waals surface area contributed by atoms with E-state index < -0.39 is 12.6 Å². The molecule has 0 amide bonds. The largest absolute Gasteiger partial charge is 0.389 e. The summed E-state index contributed by atoms with van der Waals surface area (Å²) < 4.78 is 37.3. The molecule has 0 heterocycles. The van der Waals surface area contributed by atoms with E-state index in [1.807, 2.05) is 31.2 Å². The highest BCUT2D eigenvalue weighted by molar-refractivity contribution is 5.27. The maximum atomic E-state index is 12.4. The van der Waals surface area contributed by atoms with E-state index in [0.29, 0.717) is 5.92 Å². The second kappa shape index (κ2) is 8.42. The Labute approximate surface area is 125 Å². The van der Waals surface area contributed by atoms with Gasteiger partial charge in [0.05, 0.1) is 0 Å². The van der Waals surface area contributed by atoms with Crippen LogP contribution >= 0.6 is 0 Å². The molecule has 1 N–H and O–H groups in total. The molecule has 0 saturated heterocycles. The molecule has 0 saturated carbocycles. The second-order valence-electron chi connectivity index (χ2n) is 5.64. The maximum absolute atomic E-state index is 12.4. The van der Waals surface area contributed by atoms with Gasteiger partial charge in [0, 0.05) is 12.5 Å². The minimum absolute atomic E-state index is 0.0895. The van der Waals surface area contributed by atoms with E-state index in [1.165, 1.54) is 5.56 Å². The molecule has 0 fully saturated rings. The summed E-state index contributed by atoms with van der Waals surface area (Å²) >= 11 is 0. The summed E-state index contributed by atoms with van der Waals surface area (Å²) in [5.41, 5.74) is 2.19. The number of nitrogens with one attached hydrogen (secondary N) is 1. The third-order valence-electron chi connectivity index (χ3n) is 3.88. The zero-order chi connectivity index (χ0) is 15.9. The van der Waals surface area contributed by atoms with Crippen molar-refractivity contribution in [1.29, 1.82) is 0 Å². The average molecular weight is 301 g/mol. The van der Waals surface area contributed by atoms with Crippen molar-refractivity contribution < 1.29 is 13.2 Å². The molecule has 0 aromatic heterocycles. The molecule has 21 heavy (non-hydrogen) atoms. The Balaban J connectivity index is 2.77. The maximum Gasteiger partial charge on any atom is 0.389 e. The van der Waals surface area contributed by atoms with Crippen LogP contribution in [-0.4, -0.2) is 12.7 Å². The van der Waals surface area contributed by atoms with Crippen molar-refractivity contribution in [3.05, 3.63) is 35.4 Å². The van der Waals surface area contributed by atoms with Crippen LogP contribution in [0.15, 0.2) is 24.3 Å². The van der Waals surface area contributed by atoms with Gasteiger partial charge in [-0.3, -0.25) is 0 Å². The van der Waals surface area contributed by atoms with Gasteiger partial charge in [-0.15, -0.1) is 0 Å². The van der Waals surface area contributed by atoms with Crippen molar-refractivity contribution in [1.82, 2.24) is 5.32 Å². The second-order valence-corrected chi connectivity index (χ2v) is 5.64. The SMILES string of the molecule is CCCNC(CCC(F)(F)F)c1ccc(C(C)CC)cc1. The molecule has 1 aromatic carbocycles. The molecule has 2 unspecified atom stereocenters. The van der Waals surface area contributed by atoms with E-state index in [-0.39, 0.29) is 12.5 Å². The highest BCUT2D eigenvalue weighted by Crippen LogP contribution is 2.28. The summed E-state index contributed by atoms with van der Waals surface area (Å²) in [6.07, 6.45) is -2.78. The predicted octanol–water partition coefficient (Wildman–Crippen LogP) is 5.58. The molecule has 0 aliphatic heterocycles. The first-order valence-electron chi connectivity index (χ1n) is 7.77. The molecular formula is C17H26F3N. The van der Waals surface area contributed by atoms with Gasteiger partial charge in [-0.2, -0.15) is 13.2 Å². The lowest BCUT2D eigenvalue weighted by Crippen LogP contribution is -2.24. The molecule has 1 nitrogen and oxygen atoms in total. The molecule has 0 bridgehead atoms. The zero-order valence-corrected chi connectivity index (χ0v) is 13.1. The number of hydrogen-bond donors (Lipinski definition) is 1. The normalized spacial score (nSPS) is 15.0. The van der Waals surface area contributed by atoms with Crippen molar-refractivity contribution in [2.75, 3.05) is 6.54 Å². The zero-order valence-electron chi connectivity index (χ0n) is 13.1. The van der Waals surface area contributed by atoms with E-state index in [9.17, 15) is 13.2 Å². The minimum Gasteiger partial charge on any atom is -0.310 e. The van der Waals surface area contributed by atoms with E-state index in [4.69, 9.17) is 0 Å². The Morgan fingerprint density at radius 2 is 1.62 bits per heavy atom. The molecule has 0 spiro atoms. The minimum atomic E-state index is -4.09. The number of hydrogen-bond acceptors (Lipinski definition) is 1. The van der Waals surface area contributed by atoms with Gasteiger partial charge in [0.15, 0.2) is 0 Å². The molecule has 2 atom stereocenters. The molecule has 0 aliphatic carbocycles. The summed E-state index contributed by atoms with van der Waals surface area (Å²) in [4.78, 5) is 0. The van der Waals surface area contributed by atoms with Gasteiger partial charge in [-0.1, -0.05) is 45.0 Å². The Morgan fingerprint density at radius 3 is 2.10 bits per heavy atom. The summed E-state index contributed by atoms with van der Waals surface area (Å²) in [6.45, 7) is 7.04. The molecule has 4 heteroatoms. The van der Waals surface area contributed by atoms with Gasteiger partial charge in [-0.25, -0.2) is 0 Å². The monoisotopic (exact) mass is 301 g/mol. The lowest BCUT2D eigenvalue weighted by molar-refractivity contribution is -0.136. The standard InChI is InChI=1S/C17H26F3N/c1-4-12-21-16(10-11-17(18,19)20)15-8-6-14(7-9-15)13(3)5-2/h6-9,13,16,21H,4-5,10-12H2,1-3H3. The number of alkyl halides is 3. The van der Waals surface area contributed by atoms with E-state index in [2.05, 4.69) is 19.2 Å². The van der Waals surface area contributed by atoms with Crippen molar-refractivity contribution in [2.45, 2.75) is 64.6 Å². The average Bonchev–Trinajstić information content (AvgIpc) is 2.46. The first kappa shape index (κ1) is 18.0. The fraction of sp³-hybridized carbons (Fsp3) is 0.647. The number of rotatable bonds is 8. The fourth-order valence-corrected chi connectivity index (χ4v) is 2.31. The molecular weight excluding hydrogens is 275 g/mol. The van der Waals surface area contributed by atoms with Crippen LogP contribution in [0.1, 0.15) is 69.5 Å². The summed E-state index contributed by atoms with van der Waals surface area (Å²) in [5.74, 6) is 0.483. The molecule has 0 radical (unpaired) electrons. The van der Waals surface area contributed by atoms with Gasteiger partial charge >= 0.3 is 6.18 Å². The molecule has 120 valence electrons. The number of halogens is 3. The Morgan fingerprint density at radius 1 is 1.05 bits per heavy atom. The van der Waals surface area contributed by atoms with Crippen LogP contribution in [0.2, 0.25) is 0 Å². The van der Waals surface area contributed by atoms with E-state index in [0.717, 1.165) is 24.9 Å². The third kappa shape index (κ3) is 6.51.